The SMILES string of the molecule is COc1cc(/C=C2/C(=O)NC(=O)N(c3ccc(Cl)cc3)C2=O)cc(I)c1OCc1ccc(Cl)cc1. The molecule has 0 radical (unpaired) electrons. The molecule has 0 saturated carbocycles. The predicted octanol–water partition coefficient (Wildman–Crippen LogP) is 5.85. The lowest BCUT2D eigenvalue weighted by Crippen LogP contribution is -2.54. The van der Waals surface area contributed by atoms with E-state index in [4.69, 9.17) is 32.7 Å². The molecule has 1 fully saturated rings. The maximum atomic E-state index is 13.1. The number of rotatable bonds is 6. The zero-order valence-corrected chi connectivity index (χ0v) is 21.8. The lowest BCUT2D eigenvalue weighted by atomic mass is 10.1. The van der Waals surface area contributed by atoms with Crippen LogP contribution in [0.1, 0.15) is 11.1 Å². The highest BCUT2D eigenvalue weighted by Crippen LogP contribution is 2.35. The number of barbiturate groups is 1. The number of halogens is 3. The maximum absolute atomic E-state index is 13.1. The molecule has 0 aliphatic carbocycles. The average Bonchev–Trinajstić information content (AvgIpc) is 2.83. The van der Waals surface area contributed by atoms with E-state index >= 15 is 0 Å². The summed E-state index contributed by atoms with van der Waals surface area (Å²) in [5.41, 5.74) is 1.53. The van der Waals surface area contributed by atoms with E-state index in [0.29, 0.717) is 37.3 Å². The lowest BCUT2D eigenvalue weighted by Gasteiger charge is -2.26. The summed E-state index contributed by atoms with van der Waals surface area (Å²) in [6.45, 7) is 0.295. The molecule has 1 N–H and O–H groups in total. The minimum Gasteiger partial charge on any atom is -0.493 e. The van der Waals surface area contributed by atoms with Gasteiger partial charge in [-0.15, -0.1) is 0 Å². The summed E-state index contributed by atoms with van der Waals surface area (Å²) < 4.78 is 12.2. The predicted molar refractivity (Wildman–Crippen MR) is 142 cm³/mol. The number of hydrogen-bond acceptors (Lipinski definition) is 5. The summed E-state index contributed by atoms with van der Waals surface area (Å²) in [5.74, 6) is -0.602. The molecule has 1 aliphatic heterocycles. The molecule has 1 heterocycles. The van der Waals surface area contributed by atoms with Gasteiger partial charge in [-0.3, -0.25) is 14.9 Å². The third-order valence-electron chi connectivity index (χ3n) is 5.05. The first-order valence-electron chi connectivity index (χ1n) is 10.2. The zero-order chi connectivity index (χ0) is 25.1. The Morgan fingerprint density at radius 3 is 2.23 bits per heavy atom. The van der Waals surface area contributed by atoms with E-state index in [1.54, 1.807) is 36.4 Å². The highest BCUT2D eigenvalue weighted by molar-refractivity contribution is 14.1. The number of imide groups is 2. The van der Waals surface area contributed by atoms with Crippen LogP contribution < -0.4 is 19.7 Å². The van der Waals surface area contributed by atoms with E-state index in [2.05, 4.69) is 27.9 Å². The van der Waals surface area contributed by atoms with Crippen LogP contribution in [0, 0.1) is 3.57 Å². The Bertz CT molecular complexity index is 1340. The fourth-order valence-corrected chi connectivity index (χ4v) is 4.38. The first-order chi connectivity index (χ1) is 16.8. The average molecular weight is 623 g/mol. The van der Waals surface area contributed by atoms with Crippen LogP contribution in [0.5, 0.6) is 11.5 Å². The van der Waals surface area contributed by atoms with Crippen LogP contribution in [-0.4, -0.2) is 25.0 Å². The highest BCUT2D eigenvalue weighted by Gasteiger charge is 2.36. The Balaban J connectivity index is 1.63. The topological polar surface area (TPSA) is 84.9 Å². The quantitative estimate of drug-likeness (QED) is 0.212. The molecular formula is C25H17Cl2IN2O5. The summed E-state index contributed by atoms with van der Waals surface area (Å²) in [6.07, 6.45) is 1.40. The molecule has 0 unspecified atom stereocenters. The molecule has 7 nitrogen and oxygen atoms in total. The largest absolute Gasteiger partial charge is 0.493 e. The van der Waals surface area contributed by atoms with Gasteiger partial charge < -0.3 is 9.47 Å². The van der Waals surface area contributed by atoms with Gasteiger partial charge in [0.2, 0.25) is 0 Å². The molecule has 3 aromatic carbocycles. The van der Waals surface area contributed by atoms with Crippen LogP contribution in [0.25, 0.3) is 6.08 Å². The van der Waals surface area contributed by atoms with Gasteiger partial charge in [0.25, 0.3) is 11.8 Å². The van der Waals surface area contributed by atoms with E-state index in [9.17, 15) is 14.4 Å². The number of nitrogens with zero attached hydrogens (tertiary/aromatic N) is 1. The molecule has 1 saturated heterocycles. The van der Waals surface area contributed by atoms with Crippen molar-refractivity contribution in [2.75, 3.05) is 12.0 Å². The fraction of sp³-hybridized carbons (Fsp3) is 0.0800. The highest BCUT2D eigenvalue weighted by atomic mass is 127. The van der Waals surface area contributed by atoms with Gasteiger partial charge >= 0.3 is 6.03 Å². The summed E-state index contributed by atoms with van der Waals surface area (Å²) in [6, 6.07) is 16.0. The van der Waals surface area contributed by atoms with Gasteiger partial charge in [0.15, 0.2) is 11.5 Å². The molecule has 1 aliphatic rings. The second-order valence-corrected chi connectivity index (χ2v) is 9.42. The molecule has 0 bridgehead atoms. The molecule has 178 valence electrons. The van der Waals surface area contributed by atoms with E-state index in [-0.39, 0.29) is 11.3 Å². The Morgan fingerprint density at radius 2 is 1.60 bits per heavy atom. The van der Waals surface area contributed by atoms with Gasteiger partial charge in [0.1, 0.15) is 12.2 Å². The fourth-order valence-electron chi connectivity index (χ4n) is 3.35. The van der Waals surface area contributed by atoms with Crippen molar-refractivity contribution in [3.8, 4) is 11.5 Å². The molecule has 0 aromatic heterocycles. The molecular weight excluding hydrogens is 606 g/mol. The van der Waals surface area contributed by atoms with Crippen molar-refractivity contribution in [2.24, 2.45) is 0 Å². The summed E-state index contributed by atoms with van der Waals surface area (Å²) in [5, 5.41) is 3.28. The monoisotopic (exact) mass is 622 g/mol. The van der Waals surface area contributed by atoms with Crippen molar-refractivity contribution in [1.29, 1.82) is 0 Å². The van der Waals surface area contributed by atoms with Crippen molar-refractivity contribution in [3.05, 3.63) is 91.0 Å². The Kier molecular flexibility index (Phi) is 7.63. The smallest absolute Gasteiger partial charge is 0.335 e. The molecule has 0 atom stereocenters. The number of carbonyl (C=O) groups excluding carboxylic acids is 3. The van der Waals surface area contributed by atoms with Crippen LogP contribution in [0.15, 0.2) is 66.2 Å². The first kappa shape index (κ1) is 25.0. The van der Waals surface area contributed by atoms with Gasteiger partial charge in [-0.2, -0.15) is 0 Å². The molecule has 3 aromatic rings. The molecule has 4 rings (SSSR count). The number of nitrogens with one attached hydrogen (secondary N) is 1. The molecule has 0 spiro atoms. The number of amides is 4. The van der Waals surface area contributed by atoms with Crippen LogP contribution in [0.4, 0.5) is 10.5 Å². The Labute approximate surface area is 224 Å². The number of methoxy groups -OCH3 is 1. The van der Waals surface area contributed by atoms with Crippen LogP contribution >= 0.6 is 45.8 Å². The number of urea groups is 1. The van der Waals surface area contributed by atoms with Crippen molar-refractivity contribution in [3.63, 3.8) is 0 Å². The van der Waals surface area contributed by atoms with Crippen molar-refractivity contribution in [1.82, 2.24) is 5.32 Å². The number of ether oxygens (including phenoxy) is 2. The summed E-state index contributed by atoms with van der Waals surface area (Å²) >= 11 is 13.9. The van der Waals surface area contributed by atoms with Gasteiger partial charge in [-0.05, 0) is 88.3 Å². The van der Waals surface area contributed by atoms with E-state index in [0.717, 1.165) is 10.5 Å². The second-order valence-electron chi connectivity index (χ2n) is 7.38. The number of benzene rings is 3. The standard InChI is InChI=1S/C25H17Cl2IN2O5/c1-34-21-12-15(11-20(28)22(21)35-13-14-2-4-16(26)5-3-14)10-19-23(31)29-25(33)30(24(19)32)18-8-6-17(27)7-9-18/h2-12H,13H2,1H3,(H,29,31,33)/b19-10-. The number of carbonyl (C=O) groups is 3. The maximum Gasteiger partial charge on any atom is 0.335 e. The number of hydrogen-bond donors (Lipinski definition) is 1. The zero-order valence-electron chi connectivity index (χ0n) is 18.2. The van der Waals surface area contributed by atoms with Gasteiger partial charge in [-0.25, -0.2) is 9.69 Å². The van der Waals surface area contributed by atoms with Crippen LogP contribution in [0.2, 0.25) is 10.0 Å². The van der Waals surface area contributed by atoms with E-state index < -0.39 is 17.8 Å². The minimum absolute atomic E-state index is 0.202. The normalized spacial score (nSPS) is 14.8. The van der Waals surface area contributed by atoms with Gasteiger partial charge in [0.05, 0.1) is 16.4 Å². The number of anilines is 1. The van der Waals surface area contributed by atoms with Gasteiger partial charge in [-0.1, -0.05) is 35.3 Å². The van der Waals surface area contributed by atoms with Crippen LogP contribution in [-0.2, 0) is 16.2 Å². The molecule has 35 heavy (non-hydrogen) atoms. The second kappa shape index (κ2) is 10.7. The summed E-state index contributed by atoms with van der Waals surface area (Å²) in [4.78, 5) is 38.9. The minimum atomic E-state index is -0.836. The lowest BCUT2D eigenvalue weighted by molar-refractivity contribution is -0.122. The Hall–Kier alpha value is -3.08. The Morgan fingerprint density at radius 1 is 0.971 bits per heavy atom. The first-order valence-corrected chi connectivity index (χ1v) is 12.0. The van der Waals surface area contributed by atoms with E-state index in [1.165, 1.54) is 25.3 Å². The van der Waals surface area contributed by atoms with Crippen LogP contribution in [0.3, 0.4) is 0 Å². The molecule has 4 amide bonds. The van der Waals surface area contributed by atoms with Gasteiger partial charge in [0, 0.05) is 10.0 Å². The third kappa shape index (κ3) is 5.61. The third-order valence-corrected chi connectivity index (χ3v) is 6.35. The molecule has 10 heteroatoms. The van der Waals surface area contributed by atoms with Crippen molar-refractivity contribution in [2.45, 2.75) is 6.61 Å². The summed E-state index contributed by atoms with van der Waals surface area (Å²) in [7, 11) is 1.50. The van der Waals surface area contributed by atoms with Crippen molar-refractivity contribution >= 4 is 75.4 Å². The van der Waals surface area contributed by atoms with E-state index in [1.807, 2.05) is 12.1 Å². The van der Waals surface area contributed by atoms with Crippen molar-refractivity contribution < 1.29 is 23.9 Å².